The van der Waals surface area contributed by atoms with Crippen LogP contribution in [0.15, 0.2) is 10.5 Å². The molecule has 0 heterocycles. The Morgan fingerprint density at radius 1 is 1.17 bits per heavy atom. The molecular formula is C10H12BrClO5S. The monoisotopic (exact) mass is 358 g/mol. The van der Waals surface area contributed by atoms with Crippen LogP contribution in [-0.2, 0) is 14.8 Å². The summed E-state index contributed by atoms with van der Waals surface area (Å²) in [5.41, 5.74) is 0.307. The van der Waals surface area contributed by atoms with E-state index in [0.29, 0.717) is 21.5 Å². The van der Waals surface area contributed by atoms with Gasteiger partial charge in [0.25, 0.3) is 0 Å². The minimum atomic E-state index is -3.75. The van der Waals surface area contributed by atoms with E-state index in [1.54, 1.807) is 6.07 Å². The number of rotatable bonds is 5. The summed E-state index contributed by atoms with van der Waals surface area (Å²) in [7, 11) is 5.82. The molecule has 0 N–H and O–H groups in total. The van der Waals surface area contributed by atoms with Gasteiger partial charge in [-0.25, -0.2) is 8.42 Å². The van der Waals surface area contributed by atoms with E-state index in [2.05, 4.69) is 15.9 Å². The van der Waals surface area contributed by atoms with Crippen LogP contribution in [0.3, 0.4) is 0 Å². The van der Waals surface area contributed by atoms with Crippen molar-refractivity contribution in [2.75, 3.05) is 21.3 Å². The maximum atomic E-state index is 11.2. The number of halogens is 2. The van der Waals surface area contributed by atoms with E-state index >= 15 is 0 Å². The van der Waals surface area contributed by atoms with Gasteiger partial charge < -0.3 is 14.2 Å². The first-order valence-electron chi connectivity index (χ1n) is 4.73. The molecule has 0 spiro atoms. The third-order valence-corrected chi connectivity index (χ3v) is 3.74. The number of benzene rings is 1. The lowest BCUT2D eigenvalue weighted by molar-refractivity contribution is 0.344. The van der Waals surface area contributed by atoms with Gasteiger partial charge in [-0.15, -0.1) is 0 Å². The molecule has 18 heavy (non-hydrogen) atoms. The molecule has 1 rings (SSSR count). The summed E-state index contributed by atoms with van der Waals surface area (Å²) in [6.45, 7) is 0. The Labute approximate surface area is 119 Å². The molecule has 0 saturated heterocycles. The molecule has 0 amide bonds. The summed E-state index contributed by atoms with van der Waals surface area (Å²) >= 11 is 3.27. The topological polar surface area (TPSA) is 61.8 Å². The van der Waals surface area contributed by atoms with E-state index in [4.69, 9.17) is 24.9 Å². The van der Waals surface area contributed by atoms with Crippen molar-refractivity contribution in [2.45, 2.75) is 5.75 Å². The van der Waals surface area contributed by atoms with Gasteiger partial charge in [0.2, 0.25) is 9.05 Å². The van der Waals surface area contributed by atoms with Gasteiger partial charge in [0, 0.05) is 16.7 Å². The molecule has 0 atom stereocenters. The van der Waals surface area contributed by atoms with E-state index in [1.165, 1.54) is 21.3 Å². The second-order valence-electron chi connectivity index (χ2n) is 3.29. The van der Waals surface area contributed by atoms with Crippen molar-refractivity contribution in [3.05, 3.63) is 16.1 Å². The summed E-state index contributed by atoms with van der Waals surface area (Å²) < 4.78 is 38.5. The van der Waals surface area contributed by atoms with Crippen LogP contribution in [0.2, 0.25) is 0 Å². The van der Waals surface area contributed by atoms with Gasteiger partial charge in [0.15, 0.2) is 11.5 Å². The van der Waals surface area contributed by atoms with Crippen LogP contribution in [0.5, 0.6) is 17.2 Å². The van der Waals surface area contributed by atoms with Gasteiger partial charge in [-0.3, -0.25) is 0 Å². The van der Waals surface area contributed by atoms with Crippen LogP contribution < -0.4 is 14.2 Å². The van der Waals surface area contributed by atoms with Crippen molar-refractivity contribution in [3.8, 4) is 17.2 Å². The number of ether oxygens (including phenoxy) is 3. The molecule has 5 nitrogen and oxygen atoms in total. The van der Waals surface area contributed by atoms with Gasteiger partial charge in [0.1, 0.15) is 5.75 Å². The van der Waals surface area contributed by atoms with Crippen LogP contribution in [0.1, 0.15) is 5.56 Å². The third-order valence-electron chi connectivity index (χ3n) is 2.19. The second-order valence-corrected chi connectivity index (χ2v) is 6.92. The molecule has 0 saturated carbocycles. The fourth-order valence-electron chi connectivity index (χ4n) is 1.54. The fourth-order valence-corrected chi connectivity index (χ4v) is 3.09. The predicted octanol–water partition coefficient (Wildman–Crippen LogP) is 2.54. The Balaban J connectivity index is 3.55. The van der Waals surface area contributed by atoms with Crippen molar-refractivity contribution in [3.63, 3.8) is 0 Å². The minimum absolute atomic E-state index is 0.279. The van der Waals surface area contributed by atoms with Crippen molar-refractivity contribution in [2.24, 2.45) is 0 Å². The summed E-state index contributed by atoms with van der Waals surface area (Å²) in [5.74, 6) is 0.593. The average Bonchev–Trinajstić information content (AvgIpc) is 2.26. The van der Waals surface area contributed by atoms with Crippen LogP contribution in [0.25, 0.3) is 0 Å². The van der Waals surface area contributed by atoms with Crippen LogP contribution >= 0.6 is 26.6 Å². The van der Waals surface area contributed by atoms with E-state index < -0.39 is 14.8 Å². The molecule has 0 aliphatic rings. The average molecular weight is 360 g/mol. The molecule has 1 aromatic carbocycles. The van der Waals surface area contributed by atoms with E-state index in [1.807, 2.05) is 0 Å². The minimum Gasteiger partial charge on any atom is -0.495 e. The Morgan fingerprint density at radius 2 is 1.72 bits per heavy atom. The summed E-state index contributed by atoms with van der Waals surface area (Å²) in [6.07, 6.45) is 0. The number of hydrogen-bond donors (Lipinski definition) is 0. The molecule has 0 unspecified atom stereocenters. The zero-order chi connectivity index (χ0) is 13.9. The first kappa shape index (κ1) is 15.4. The van der Waals surface area contributed by atoms with Gasteiger partial charge in [-0.05, 0) is 15.9 Å². The zero-order valence-corrected chi connectivity index (χ0v) is 13.1. The van der Waals surface area contributed by atoms with Crippen molar-refractivity contribution in [1.29, 1.82) is 0 Å². The highest BCUT2D eigenvalue weighted by molar-refractivity contribution is 9.10. The highest BCUT2D eigenvalue weighted by Crippen LogP contribution is 2.43. The Bertz CT molecular complexity index is 544. The zero-order valence-electron chi connectivity index (χ0n) is 9.99. The quantitative estimate of drug-likeness (QED) is 0.756. The van der Waals surface area contributed by atoms with E-state index in [9.17, 15) is 8.42 Å². The maximum absolute atomic E-state index is 11.2. The Hall–Kier alpha value is -0.660. The molecule has 8 heteroatoms. The summed E-state index contributed by atoms with van der Waals surface area (Å²) in [5, 5.41) is 0. The molecule has 0 radical (unpaired) electrons. The molecule has 0 aromatic heterocycles. The molecule has 0 bridgehead atoms. The summed E-state index contributed by atoms with van der Waals surface area (Å²) in [4.78, 5) is 0. The Morgan fingerprint density at radius 3 is 2.11 bits per heavy atom. The normalized spacial score (nSPS) is 11.2. The van der Waals surface area contributed by atoms with Crippen LogP contribution in [0.4, 0.5) is 0 Å². The largest absolute Gasteiger partial charge is 0.495 e. The Kier molecular flexibility index (Phi) is 5.12. The van der Waals surface area contributed by atoms with Gasteiger partial charge in [0.05, 0.1) is 37.1 Å². The lowest BCUT2D eigenvalue weighted by Crippen LogP contribution is -2.04. The van der Waals surface area contributed by atoms with E-state index in [0.717, 1.165) is 0 Å². The van der Waals surface area contributed by atoms with Crippen LogP contribution in [-0.4, -0.2) is 29.7 Å². The van der Waals surface area contributed by atoms with Gasteiger partial charge in [-0.1, -0.05) is 0 Å². The molecule has 1 aromatic rings. The fraction of sp³-hybridized carbons (Fsp3) is 0.400. The molecule has 0 aliphatic carbocycles. The molecule has 102 valence electrons. The van der Waals surface area contributed by atoms with E-state index in [-0.39, 0.29) is 5.75 Å². The molecule has 0 aliphatic heterocycles. The molecular weight excluding hydrogens is 348 g/mol. The summed E-state index contributed by atoms with van der Waals surface area (Å²) in [6, 6.07) is 1.63. The highest BCUT2D eigenvalue weighted by atomic mass is 79.9. The standard InChI is InChI=1S/C10H12BrClO5S/c1-15-8-4-7(11)9(16-2)6(10(8)17-3)5-18(12,13)14/h4H,5H2,1-3H3. The third kappa shape index (κ3) is 3.43. The lowest BCUT2D eigenvalue weighted by atomic mass is 10.2. The first-order chi connectivity index (χ1) is 8.34. The highest BCUT2D eigenvalue weighted by Gasteiger charge is 2.23. The number of hydrogen-bond acceptors (Lipinski definition) is 5. The van der Waals surface area contributed by atoms with Gasteiger partial charge in [-0.2, -0.15) is 0 Å². The smallest absolute Gasteiger partial charge is 0.237 e. The SMILES string of the molecule is COc1cc(Br)c(OC)c(CS(=O)(=O)Cl)c1OC. The predicted molar refractivity (Wildman–Crippen MR) is 72.3 cm³/mol. The lowest BCUT2D eigenvalue weighted by Gasteiger charge is -2.16. The maximum Gasteiger partial charge on any atom is 0.237 e. The van der Waals surface area contributed by atoms with Crippen molar-refractivity contribution < 1.29 is 22.6 Å². The molecule has 0 fully saturated rings. The van der Waals surface area contributed by atoms with Crippen LogP contribution in [0, 0.1) is 0 Å². The number of methoxy groups -OCH3 is 3. The van der Waals surface area contributed by atoms with Crippen molar-refractivity contribution in [1.82, 2.24) is 0 Å². The van der Waals surface area contributed by atoms with Crippen molar-refractivity contribution >= 4 is 35.7 Å². The van der Waals surface area contributed by atoms with Gasteiger partial charge >= 0.3 is 0 Å². The second kappa shape index (κ2) is 5.99. The first-order valence-corrected chi connectivity index (χ1v) is 8.00.